The lowest BCUT2D eigenvalue weighted by Gasteiger charge is -2.29. The van der Waals surface area contributed by atoms with E-state index in [2.05, 4.69) is 10.6 Å². The summed E-state index contributed by atoms with van der Waals surface area (Å²) in [6.45, 7) is 1.96. The Labute approximate surface area is 153 Å². The molecule has 2 amide bonds. The first kappa shape index (κ1) is 19.8. The van der Waals surface area contributed by atoms with Crippen LogP contribution in [0.5, 0.6) is 5.75 Å². The smallest absolute Gasteiger partial charge is 0.329 e. The van der Waals surface area contributed by atoms with E-state index in [0.29, 0.717) is 30.8 Å². The van der Waals surface area contributed by atoms with Crippen LogP contribution in [0.1, 0.15) is 55.8 Å². The minimum Gasteiger partial charge on any atom is -0.493 e. The quantitative estimate of drug-likeness (QED) is 0.645. The van der Waals surface area contributed by atoms with Crippen molar-refractivity contribution in [1.29, 1.82) is 0 Å². The molecule has 7 heteroatoms. The fourth-order valence-electron chi connectivity index (χ4n) is 3.23. The Morgan fingerprint density at radius 2 is 1.77 bits per heavy atom. The van der Waals surface area contributed by atoms with Crippen LogP contribution in [0.3, 0.4) is 0 Å². The van der Waals surface area contributed by atoms with Crippen LogP contribution in [0.15, 0.2) is 24.3 Å². The summed E-state index contributed by atoms with van der Waals surface area (Å²) in [4.78, 5) is 36.3. The van der Waals surface area contributed by atoms with E-state index < -0.39 is 23.3 Å². The van der Waals surface area contributed by atoms with Gasteiger partial charge in [-0.25, -0.2) is 4.79 Å². The van der Waals surface area contributed by atoms with Gasteiger partial charge in [0.1, 0.15) is 11.3 Å². The molecule has 0 saturated heterocycles. The Kier molecular flexibility index (Phi) is 7.00. The van der Waals surface area contributed by atoms with Gasteiger partial charge in [-0.3, -0.25) is 9.59 Å². The van der Waals surface area contributed by atoms with E-state index in [9.17, 15) is 19.5 Å². The number of hydrogen-bond acceptors (Lipinski definition) is 4. The monoisotopic (exact) mass is 362 g/mol. The molecule has 0 atom stereocenters. The van der Waals surface area contributed by atoms with Crippen LogP contribution in [0.25, 0.3) is 0 Å². The maximum atomic E-state index is 12.3. The van der Waals surface area contributed by atoms with Crippen LogP contribution in [0.2, 0.25) is 0 Å². The molecule has 1 aliphatic carbocycles. The average molecular weight is 362 g/mol. The van der Waals surface area contributed by atoms with Gasteiger partial charge in [-0.15, -0.1) is 0 Å². The highest BCUT2D eigenvalue weighted by Crippen LogP contribution is 2.27. The third-order valence-electron chi connectivity index (χ3n) is 4.59. The first-order chi connectivity index (χ1) is 12.5. The van der Waals surface area contributed by atoms with Crippen molar-refractivity contribution in [2.75, 3.05) is 13.2 Å². The highest BCUT2D eigenvalue weighted by molar-refractivity contribution is 5.99. The summed E-state index contributed by atoms with van der Waals surface area (Å²) in [5, 5.41) is 14.8. The summed E-state index contributed by atoms with van der Waals surface area (Å²) in [7, 11) is 0. The van der Waals surface area contributed by atoms with Gasteiger partial charge in [0.2, 0.25) is 5.91 Å². The van der Waals surface area contributed by atoms with Crippen molar-refractivity contribution in [3.63, 3.8) is 0 Å². The topological polar surface area (TPSA) is 105 Å². The molecule has 1 aromatic rings. The number of ether oxygens (including phenoxy) is 1. The SMILES string of the molecule is CCOc1ccccc1C(=O)NCC(=O)NC1(C(=O)O)CCCCCC1. The molecule has 0 aromatic heterocycles. The number of carboxylic acids is 1. The van der Waals surface area contributed by atoms with Crippen molar-refractivity contribution < 1.29 is 24.2 Å². The third-order valence-corrected chi connectivity index (χ3v) is 4.59. The van der Waals surface area contributed by atoms with Crippen LogP contribution in [0.4, 0.5) is 0 Å². The predicted octanol–water partition coefficient (Wildman–Crippen LogP) is 2.11. The molecule has 0 bridgehead atoms. The highest BCUT2D eigenvalue weighted by atomic mass is 16.5. The number of benzene rings is 1. The largest absolute Gasteiger partial charge is 0.493 e. The molecule has 1 aromatic carbocycles. The maximum Gasteiger partial charge on any atom is 0.329 e. The van der Waals surface area contributed by atoms with Gasteiger partial charge in [0, 0.05) is 0 Å². The van der Waals surface area contributed by atoms with Crippen LogP contribution >= 0.6 is 0 Å². The summed E-state index contributed by atoms with van der Waals surface area (Å²) in [5.74, 6) is -1.51. The average Bonchev–Trinajstić information content (AvgIpc) is 2.87. The molecule has 0 aliphatic heterocycles. The van der Waals surface area contributed by atoms with Gasteiger partial charge < -0.3 is 20.5 Å². The molecule has 26 heavy (non-hydrogen) atoms. The fourth-order valence-corrected chi connectivity index (χ4v) is 3.23. The Hall–Kier alpha value is -2.57. The molecular weight excluding hydrogens is 336 g/mol. The molecule has 1 saturated carbocycles. The first-order valence-electron chi connectivity index (χ1n) is 9.03. The highest BCUT2D eigenvalue weighted by Gasteiger charge is 2.39. The molecule has 2 rings (SSSR count). The van der Waals surface area contributed by atoms with E-state index in [-0.39, 0.29) is 6.54 Å². The Morgan fingerprint density at radius 1 is 1.12 bits per heavy atom. The minimum absolute atomic E-state index is 0.283. The van der Waals surface area contributed by atoms with Crippen molar-refractivity contribution in [2.45, 2.75) is 51.0 Å². The zero-order valence-electron chi connectivity index (χ0n) is 15.0. The van der Waals surface area contributed by atoms with Crippen molar-refractivity contribution in [1.82, 2.24) is 10.6 Å². The summed E-state index contributed by atoms with van der Waals surface area (Å²) in [6.07, 6.45) is 4.29. The summed E-state index contributed by atoms with van der Waals surface area (Å²) >= 11 is 0. The number of aliphatic carboxylic acids is 1. The Balaban J connectivity index is 1.97. The maximum absolute atomic E-state index is 12.3. The number of nitrogens with one attached hydrogen (secondary N) is 2. The van der Waals surface area contributed by atoms with E-state index in [1.54, 1.807) is 24.3 Å². The van der Waals surface area contributed by atoms with Crippen molar-refractivity contribution in [3.05, 3.63) is 29.8 Å². The van der Waals surface area contributed by atoms with Gasteiger partial charge in [-0.1, -0.05) is 37.8 Å². The Morgan fingerprint density at radius 3 is 2.38 bits per heavy atom. The van der Waals surface area contributed by atoms with Crippen LogP contribution < -0.4 is 15.4 Å². The Bertz CT molecular complexity index is 651. The predicted molar refractivity (Wildman–Crippen MR) is 96.2 cm³/mol. The molecule has 1 fully saturated rings. The second-order valence-corrected chi connectivity index (χ2v) is 6.46. The zero-order chi connectivity index (χ0) is 19.0. The lowest BCUT2D eigenvalue weighted by atomic mass is 9.90. The molecule has 7 nitrogen and oxygen atoms in total. The van der Waals surface area contributed by atoms with E-state index >= 15 is 0 Å². The summed E-state index contributed by atoms with van der Waals surface area (Å²) in [5.41, 5.74) is -0.897. The molecule has 0 spiro atoms. The van der Waals surface area contributed by atoms with E-state index in [1.807, 2.05) is 6.92 Å². The second-order valence-electron chi connectivity index (χ2n) is 6.46. The summed E-state index contributed by atoms with van der Waals surface area (Å²) < 4.78 is 5.41. The normalized spacial score (nSPS) is 16.2. The molecule has 0 heterocycles. The molecule has 142 valence electrons. The third kappa shape index (κ3) is 4.97. The van der Waals surface area contributed by atoms with E-state index in [0.717, 1.165) is 25.7 Å². The van der Waals surface area contributed by atoms with Crippen LogP contribution in [-0.2, 0) is 9.59 Å². The van der Waals surface area contributed by atoms with Gasteiger partial charge in [-0.05, 0) is 31.9 Å². The van der Waals surface area contributed by atoms with Gasteiger partial charge in [0.25, 0.3) is 5.91 Å². The molecule has 3 N–H and O–H groups in total. The number of carboxylic acid groups (broad SMARTS) is 1. The number of carbonyl (C=O) groups is 3. The lowest BCUT2D eigenvalue weighted by Crippen LogP contribution is -2.56. The van der Waals surface area contributed by atoms with E-state index in [1.165, 1.54) is 0 Å². The van der Waals surface area contributed by atoms with Gasteiger partial charge >= 0.3 is 5.97 Å². The first-order valence-corrected chi connectivity index (χ1v) is 9.03. The van der Waals surface area contributed by atoms with Crippen LogP contribution in [-0.4, -0.2) is 41.6 Å². The second kappa shape index (κ2) is 9.22. The van der Waals surface area contributed by atoms with Crippen LogP contribution in [0, 0.1) is 0 Å². The van der Waals surface area contributed by atoms with Crippen molar-refractivity contribution in [3.8, 4) is 5.75 Å². The minimum atomic E-state index is -1.23. The molecule has 0 unspecified atom stereocenters. The van der Waals surface area contributed by atoms with Crippen molar-refractivity contribution >= 4 is 17.8 Å². The van der Waals surface area contributed by atoms with Crippen molar-refractivity contribution in [2.24, 2.45) is 0 Å². The fraction of sp³-hybridized carbons (Fsp3) is 0.526. The number of amides is 2. The van der Waals surface area contributed by atoms with Gasteiger partial charge in [0.05, 0.1) is 18.7 Å². The number of para-hydroxylation sites is 1. The molecule has 1 aliphatic rings. The molecule has 0 radical (unpaired) electrons. The number of hydrogen-bond donors (Lipinski definition) is 3. The zero-order valence-corrected chi connectivity index (χ0v) is 15.0. The van der Waals surface area contributed by atoms with Gasteiger partial charge in [-0.2, -0.15) is 0 Å². The number of rotatable bonds is 7. The lowest BCUT2D eigenvalue weighted by molar-refractivity contribution is -0.148. The number of carbonyl (C=O) groups excluding carboxylic acids is 2. The van der Waals surface area contributed by atoms with Gasteiger partial charge in [0.15, 0.2) is 0 Å². The summed E-state index contributed by atoms with van der Waals surface area (Å²) in [6, 6.07) is 6.77. The van der Waals surface area contributed by atoms with E-state index in [4.69, 9.17) is 4.74 Å². The standard InChI is InChI=1S/C19H26N2O5/c1-2-26-15-10-6-5-9-14(15)17(23)20-13-16(22)21-19(18(24)25)11-7-3-4-8-12-19/h5-6,9-10H,2-4,7-8,11-13H2,1H3,(H,20,23)(H,21,22)(H,24,25). The molecular formula is C19H26N2O5.